The summed E-state index contributed by atoms with van der Waals surface area (Å²) in [4.78, 5) is 3.91. The first kappa shape index (κ1) is 12.1. The summed E-state index contributed by atoms with van der Waals surface area (Å²) in [7, 11) is 0. The molecular formula is C12H15ClN4. The van der Waals surface area contributed by atoms with E-state index >= 15 is 0 Å². The lowest BCUT2D eigenvalue weighted by molar-refractivity contribution is 0.589. The van der Waals surface area contributed by atoms with Crippen molar-refractivity contribution in [1.29, 1.82) is 0 Å². The van der Waals surface area contributed by atoms with Crippen LogP contribution < -0.4 is 5.32 Å². The molecule has 0 aliphatic rings. The van der Waals surface area contributed by atoms with Crippen LogP contribution >= 0.6 is 11.6 Å². The molecule has 0 aliphatic carbocycles. The van der Waals surface area contributed by atoms with E-state index in [4.69, 9.17) is 11.6 Å². The van der Waals surface area contributed by atoms with Crippen LogP contribution in [0.2, 0.25) is 5.02 Å². The van der Waals surface area contributed by atoms with Crippen LogP contribution in [0.15, 0.2) is 30.9 Å². The summed E-state index contributed by atoms with van der Waals surface area (Å²) < 4.78 is 1.69. The highest BCUT2D eigenvalue weighted by molar-refractivity contribution is 6.31. The molecule has 2 rings (SSSR count). The summed E-state index contributed by atoms with van der Waals surface area (Å²) in [6, 6.07) is 6.33. The minimum atomic E-state index is 0.445. The third-order valence-corrected chi connectivity index (χ3v) is 2.77. The van der Waals surface area contributed by atoms with Crippen molar-refractivity contribution in [1.82, 2.24) is 20.1 Å². The molecule has 90 valence electrons. The molecule has 0 saturated heterocycles. The molecule has 1 aromatic heterocycles. The zero-order chi connectivity index (χ0) is 12.3. The van der Waals surface area contributed by atoms with Crippen molar-refractivity contribution in [3.8, 4) is 5.69 Å². The number of benzene rings is 1. The van der Waals surface area contributed by atoms with E-state index in [1.165, 1.54) is 6.33 Å². The quantitative estimate of drug-likeness (QED) is 0.906. The largest absolute Gasteiger partial charge is 0.310 e. The highest BCUT2D eigenvalue weighted by Gasteiger charge is 2.04. The summed E-state index contributed by atoms with van der Waals surface area (Å²) in [6.45, 7) is 4.99. The predicted molar refractivity (Wildman–Crippen MR) is 68.3 cm³/mol. The van der Waals surface area contributed by atoms with Crippen molar-refractivity contribution in [3.05, 3.63) is 41.4 Å². The van der Waals surface area contributed by atoms with Gasteiger partial charge in [0.1, 0.15) is 12.7 Å². The molecule has 1 heterocycles. The van der Waals surface area contributed by atoms with Gasteiger partial charge in [-0.2, -0.15) is 5.10 Å². The number of nitrogens with zero attached hydrogens (tertiary/aromatic N) is 3. The second-order valence-corrected chi connectivity index (χ2v) is 4.56. The lowest BCUT2D eigenvalue weighted by Crippen LogP contribution is -2.22. The van der Waals surface area contributed by atoms with E-state index < -0.39 is 0 Å². The Balaban J connectivity index is 2.17. The van der Waals surface area contributed by atoms with Gasteiger partial charge >= 0.3 is 0 Å². The highest BCUT2D eigenvalue weighted by Crippen LogP contribution is 2.19. The molecule has 0 amide bonds. The van der Waals surface area contributed by atoms with Crippen molar-refractivity contribution >= 4 is 11.6 Å². The van der Waals surface area contributed by atoms with Gasteiger partial charge in [0.2, 0.25) is 0 Å². The van der Waals surface area contributed by atoms with Gasteiger partial charge < -0.3 is 5.32 Å². The molecule has 1 aromatic carbocycles. The fraction of sp³-hybridized carbons (Fsp3) is 0.333. The minimum Gasteiger partial charge on any atom is -0.310 e. The molecule has 2 aromatic rings. The second-order valence-electron chi connectivity index (χ2n) is 4.15. The van der Waals surface area contributed by atoms with E-state index in [2.05, 4.69) is 29.2 Å². The Morgan fingerprint density at radius 2 is 2.24 bits per heavy atom. The van der Waals surface area contributed by atoms with Gasteiger partial charge in [0.05, 0.1) is 5.69 Å². The maximum atomic E-state index is 6.23. The molecule has 0 fully saturated rings. The molecule has 17 heavy (non-hydrogen) atoms. The smallest absolute Gasteiger partial charge is 0.138 e. The Kier molecular flexibility index (Phi) is 3.76. The van der Waals surface area contributed by atoms with Crippen LogP contribution in [0.25, 0.3) is 5.69 Å². The maximum absolute atomic E-state index is 6.23. The van der Waals surface area contributed by atoms with Crippen molar-refractivity contribution in [2.75, 3.05) is 0 Å². The summed E-state index contributed by atoms with van der Waals surface area (Å²) >= 11 is 6.23. The molecule has 0 atom stereocenters. The van der Waals surface area contributed by atoms with Crippen LogP contribution in [0, 0.1) is 0 Å². The van der Waals surface area contributed by atoms with Gasteiger partial charge in [-0.15, -0.1) is 0 Å². The first-order valence-corrected chi connectivity index (χ1v) is 5.91. The first-order valence-electron chi connectivity index (χ1n) is 5.53. The monoisotopic (exact) mass is 250 g/mol. The average Bonchev–Trinajstić information content (AvgIpc) is 2.80. The fourth-order valence-corrected chi connectivity index (χ4v) is 1.72. The zero-order valence-electron chi connectivity index (χ0n) is 9.89. The number of rotatable bonds is 4. The molecule has 1 N–H and O–H groups in total. The van der Waals surface area contributed by atoms with Crippen LogP contribution in [0.4, 0.5) is 0 Å². The summed E-state index contributed by atoms with van der Waals surface area (Å²) in [6.07, 6.45) is 3.15. The molecule has 0 aliphatic heterocycles. The molecule has 0 unspecified atom stereocenters. The Morgan fingerprint density at radius 3 is 2.82 bits per heavy atom. The van der Waals surface area contributed by atoms with Gasteiger partial charge in [0.15, 0.2) is 0 Å². The number of nitrogens with one attached hydrogen (secondary N) is 1. The maximum Gasteiger partial charge on any atom is 0.138 e. The van der Waals surface area contributed by atoms with E-state index in [1.54, 1.807) is 11.0 Å². The third-order valence-electron chi connectivity index (χ3n) is 2.42. The SMILES string of the molecule is CC(C)NCc1ccc(-n2cncn2)cc1Cl. The van der Waals surface area contributed by atoms with Gasteiger partial charge in [0, 0.05) is 17.6 Å². The van der Waals surface area contributed by atoms with Crippen molar-refractivity contribution in [2.24, 2.45) is 0 Å². The highest BCUT2D eigenvalue weighted by atomic mass is 35.5. The van der Waals surface area contributed by atoms with Crippen LogP contribution in [0.1, 0.15) is 19.4 Å². The predicted octanol–water partition coefficient (Wildman–Crippen LogP) is 2.42. The van der Waals surface area contributed by atoms with Crippen LogP contribution in [-0.4, -0.2) is 20.8 Å². The van der Waals surface area contributed by atoms with Gasteiger partial charge in [-0.1, -0.05) is 31.5 Å². The van der Waals surface area contributed by atoms with E-state index in [9.17, 15) is 0 Å². The lowest BCUT2D eigenvalue weighted by Gasteiger charge is -2.10. The molecule has 0 saturated carbocycles. The van der Waals surface area contributed by atoms with Crippen LogP contribution in [-0.2, 0) is 6.54 Å². The Labute approximate surface area is 106 Å². The number of halogens is 1. The minimum absolute atomic E-state index is 0.445. The Bertz CT molecular complexity index is 479. The molecule has 5 heteroatoms. The molecule has 0 spiro atoms. The second kappa shape index (κ2) is 5.29. The zero-order valence-corrected chi connectivity index (χ0v) is 10.6. The van der Waals surface area contributed by atoms with Gasteiger partial charge in [-0.3, -0.25) is 0 Å². The summed E-state index contributed by atoms with van der Waals surface area (Å²) in [5, 5.41) is 8.14. The third kappa shape index (κ3) is 3.05. The Morgan fingerprint density at radius 1 is 1.41 bits per heavy atom. The molecular weight excluding hydrogens is 236 g/mol. The molecule has 4 nitrogen and oxygen atoms in total. The summed E-state index contributed by atoms with van der Waals surface area (Å²) in [5.41, 5.74) is 2.00. The van der Waals surface area contributed by atoms with Crippen LogP contribution in [0.5, 0.6) is 0 Å². The fourth-order valence-electron chi connectivity index (χ4n) is 1.48. The molecule has 0 radical (unpaired) electrons. The van der Waals surface area contributed by atoms with Gasteiger partial charge in [0.25, 0.3) is 0 Å². The van der Waals surface area contributed by atoms with Gasteiger partial charge in [-0.25, -0.2) is 9.67 Å². The van der Waals surface area contributed by atoms with Crippen LogP contribution in [0.3, 0.4) is 0 Å². The van der Waals surface area contributed by atoms with E-state index in [1.807, 2.05) is 18.2 Å². The van der Waals surface area contributed by atoms with E-state index in [0.29, 0.717) is 6.04 Å². The Hall–Kier alpha value is -1.39. The number of hydrogen-bond donors (Lipinski definition) is 1. The average molecular weight is 251 g/mol. The van der Waals surface area contributed by atoms with Gasteiger partial charge in [-0.05, 0) is 17.7 Å². The summed E-state index contributed by atoms with van der Waals surface area (Å²) in [5.74, 6) is 0. The topological polar surface area (TPSA) is 42.7 Å². The first-order chi connectivity index (χ1) is 8.16. The van der Waals surface area contributed by atoms with Crippen molar-refractivity contribution in [2.45, 2.75) is 26.4 Å². The van der Waals surface area contributed by atoms with Crippen molar-refractivity contribution < 1.29 is 0 Å². The van der Waals surface area contributed by atoms with Crippen molar-refractivity contribution in [3.63, 3.8) is 0 Å². The number of aromatic nitrogens is 3. The van der Waals surface area contributed by atoms with E-state index in [-0.39, 0.29) is 0 Å². The van der Waals surface area contributed by atoms with E-state index in [0.717, 1.165) is 22.8 Å². The molecule has 0 bridgehead atoms. The number of hydrogen-bond acceptors (Lipinski definition) is 3. The normalized spacial score (nSPS) is 11.1. The lowest BCUT2D eigenvalue weighted by atomic mass is 10.2. The standard InChI is InChI=1S/C12H15ClN4/c1-9(2)15-6-10-3-4-11(5-12(10)13)17-8-14-7-16-17/h3-5,7-9,15H,6H2,1-2H3.